The molecule has 6 heteroatoms. The summed E-state index contributed by atoms with van der Waals surface area (Å²) in [7, 11) is 0. The minimum Gasteiger partial charge on any atom is -0.439 e. The van der Waals surface area contributed by atoms with Crippen molar-refractivity contribution in [2.45, 2.75) is 20.0 Å². The maximum Gasteiger partial charge on any atom is 0.428 e. The summed E-state index contributed by atoms with van der Waals surface area (Å²) in [6.07, 6.45) is -0.847. The standard InChI is InChI=1S/C15H19N3O3/c1-10-9-12(14-11(2)21-15(19)17-16-14)3-4-13(10)18-5-7-20-8-6-18/h3-4,9,11H,5-8H2,1-2H3,(H,17,19)/t11-/m0/s1. The molecule has 0 radical (unpaired) electrons. The third kappa shape index (κ3) is 2.85. The van der Waals surface area contributed by atoms with E-state index in [0.29, 0.717) is 0 Å². The van der Waals surface area contributed by atoms with Crippen molar-refractivity contribution in [3.05, 3.63) is 29.3 Å². The number of ether oxygens (including phenoxy) is 2. The molecule has 2 aliphatic rings. The number of amides is 1. The topological polar surface area (TPSA) is 63.2 Å². The van der Waals surface area contributed by atoms with Gasteiger partial charge in [-0.3, -0.25) is 0 Å². The van der Waals surface area contributed by atoms with Crippen LogP contribution in [0, 0.1) is 6.92 Å². The smallest absolute Gasteiger partial charge is 0.428 e. The van der Waals surface area contributed by atoms with Gasteiger partial charge in [-0.15, -0.1) is 0 Å². The molecule has 0 spiro atoms. The van der Waals surface area contributed by atoms with E-state index in [1.54, 1.807) is 0 Å². The molecular formula is C15H19N3O3. The van der Waals surface area contributed by atoms with Gasteiger partial charge in [0.05, 0.1) is 13.2 Å². The summed E-state index contributed by atoms with van der Waals surface area (Å²) in [6.45, 7) is 7.27. The highest BCUT2D eigenvalue weighted by Gasteiger charge is 2.23. The highest BCUT2D eigenvalue weighted by Crippen LogP contribution is 2.23. The number of hydrogen-bond acceptors (Lipinski definition) is 5. The highest BCUT2D eigenvalue weighted by molar-refractivity contribution is 6.06. The van der Waals surface area contributed by atoms with Crippen molar-refractivity contribution >= 4 is 17.5 Å². The highest BCUT2D eigenvalue weighted by atomic mass is 16.6. The Morgan fingerprint density at radius 3 is 2.76 bits per heavy atom. The van der Waals surface area contributed by atoms with E-state index in [-0.39, 0.29) is 6.10 Å². The molecule has 21 heavy (non-hydrogen) atoms. The molecule has 2 heterocycles. The summed E-state index contributed by atoms with van der Waals surface area (Å²) in [4.78, 5) is 13.4. The number of benzene rings is 1. The van der Waals surface area contributed by atoms with Crippen LogP contribution in [-0.2, 0) is 9.47 Å². The third-order valence-electron chi connectivity index (χ3n) is 3.78. The quantitative estimate of drug-likeness (QED) is 0.899. The van der Waals surface area contributed by atoms with Crippen molar-refractivity contribution in [3.8, 4) is 0 Å². The van der Waals surface area contributed by atoms with Gasteiger partial charge in [0.15, 0.2) is 0 Å². The van der Waals surface area contributed by atoms with Gasteiger partial charge in [0.25, 0.3) is 0 Å². The Labute approximate surface area is 123 Å². The summed E-state index contributed by atoms with van der Waals surface area (Å²) in [5, 5.41) is 4.10. The molecule has 0 saturated carbocycles. The second kappa shape index (κ2) is 5.73. The van der Waals surface area contributed by atoms with Gasteiger partial charge in [-0.25, -0.2) is 10.2 Å². The molecule has 1 saturated heterocycles. The summed E-state index contributed by atoms with van der Waals surface area (Å²) >= 11 is 0. The summed E-state index contributed by atoms with van der Waals surface area (Å²) in [5.74, 6) is 0. The number of rotatable bonds is 2. The summed E-state index contributed by atoms with van der Waals surface area (Å²) in [6, 6.07) is 6.20. The van der Waals surface area contributed by atoms with Crippen LogP contribution in [0.5, 0.6) is 0 Å². The molecule has 0 aliphatic carbocycles. The van der Waals surface area contributed by atoms with Crippen LogP contribution < -0.4 is 10.3 Å². The van der Waals surface area contributed by atoms with Gasteiger partial charge in [0.1, 0.15) is 11.8 Å². The van der Waals surface area contributed by atoms with Crippen LogP contribution in [0.15, 0.2) is 23.3 Å². The zero-order chi connectivity index (χ0) is 14.8. The average molecular weight is 289 g/mol. The minimum absolute atomic E-state index is 0.340. The van der Waals surface area contributed by atoms with Crippen LogP contribution in [0.2, 0.25) is 0 Å². The van der Waals surface area contributed by atoms with Crippen LogP contribution in [0.4, 0.5) is 10.5 Å². The van der Waals surface area contributed by atoms with E-state index in [9.17, 15) is 4.79 Å². The molecule has 1 aromatic rings. The monoisotopic (exact) mass is 289 g/mol. The van der Waals surface area contributed by atoms with Gasteiger partial charge in [0, 0.05) is 24.3 Å². The third-order valence-corrected chi connectivity index (χ3v) is 3.78. The SMILES string of the molecule is Cc1cc(C2=NNC(=O)O[C@H]2C)ccc1N1CCOCC1. The van der Waals surface area contributed by atoms with E-state index >= 15 is 0 Å². The molecule has 112 valence electrons. The first-order valence-electron chi connectivity index (χ1n) is 7.13. The van der Waals surface area contributed by atoms with Crippen LogP contribution in [-0.4, -0.2) is 44.2 Å². The molecule has 0 unspecified atom stereocenters. The molecule has 1 N–H and O–H groups in total. The van der Waals surface area contributed by atoms with Crippen molar-refractivity contribution in [1.82, 2.24) is 5.43 Å². The lowest BCUT2D eigenvalue weighted by Crippen LogP contribution is -2.37. The molecule has 1 aromatic carbocycles. The molecule has 1 atom stereocenters. The Kier molecular flexibility index (Phi) is 3.79. The Balaban J connectivity index is 1.85. The predicted octanol–water partition coefficient (Wildman–Crippen LogP) is 1.66. The van der Waals surface area contributed by atoms with Crippen LogP contribution in [0.1, 0.15) is 18.1 Å². The Morgan fingerprint density at radius 2 is 2.10 bits per heavy atom. The van der Waals surface area contributed by atoms with E-state index in [0.717, 1.165) is 37.6 Å². The molecule has 3 rings (SSSR count). The lowest BCUT2D eigenvalue weighted by molar-refractivity contribution is 0.122. The Morgan fingerprint density at radius 1 is 1.33 bits per heavy atom. The van der Waals surface area contributed by atoms with E-state index < -0.39 is 6.09 Å². The number of cyclic esters (lactones) is 1. The fraction of sp³-hybridized carbons (Fsp3) is 0.467. The first-order chi connectivity index (χ1) is 10.1. The Hall–Kier alpha value is -2.08. The van der Waals surface area contributed by atoms with Crippen molar-refractivity contribution in [3.63, 3.8) is 0 Å². The van der Waals surface area contributed by atoms with E-state index in [2.05, 4.69) is 34.5 Å². The second-order valence-electron chi connectivity index (χ2n) is 5.26. The number of carbonyl (C=O) groups is 1. The molecular weight excluding hydrogens is 270 g/mol. The van der Waals surface area contributed by atoms with E-state index in [1.165, 1.54) is 11.3 Å². The lowest BCUT2D eigenvalue weighted by atomic mass is 10.0. The second-order valence-corrected chi connectivity index (χ2v) is 5.26. The number of nitrogens with one attached hydrogen (secondary N) is 1. The summed E-state index contributed by atoms with van der Waals surface area (Å²) < 4.78 is 10.5. The van der Waals surface area contributed by atoms with Crippen LogP contribution in [0.25, 0.3) is 0 Å². The fourth-order valence-corrected chi connectivity index (χ4v) is 2.71. The van der Waals surface area contributed by atoms with Gasteiger partial charge in [-0.2, -0.15) is 5.10 Å². The number of hydrogen-bond donors (Lipinski definition) is 1. The fourth-order valence-electron chi connectivity index (χ4n) is 2.71. The molecule has 1 amide bonds. The van der Waals surface area contributed by atoms with Crippen molar-refractivity contribution < 1.29 is 14.3 Å². The van der Waals surface area contributed by atoms with Crippen molar-refractivity contribution in [2.75, 3.05) is 31.2 Å². The maximum absolute atomic E-state index is 11.1. The van der Waals surface area contributed by atoms with Crippen molar-refractivity contribution in [1.29, 1.82) is 0 Å². The molecule has 0 bridgehead atoms. The normalized spacial score (nSPS) is 22.4. The van der Waals surface area contributed by atoms with Gasteiger partial charge < -0.3 is 14.4 Å². The molecule has 1 fully saturated rings. The maximum atomic E-state index is 11.1. The minimum atomic E-state index is -0.507. The number of nitrogens with zero attached hydrogens (tertiary/aromatic N) is 2. The first-order valence-corrected chi connectivity index (χ1v) is 7.13. The average Bonchev–Trinajstić information content (AvgIpc) is 2.48. The Bertz CT molecular complexity index is 580. The van der Waals surface area contributed by atoms with E-state index in [1.807, 2.05) is 13.0 Å². The van der Waals surface area contributed by atoms with Gasteiger partial charge in [-0.1, -0.05) is 6.07 Å². The van der Waals surface area contributed by atoms with Crippen molar-refractivity contribution in [2.24, 2.45) is 5.10 Å². The van der Waals surface area contributed by atoms with Gasteiger partial charge >= 0.3 is 6.09 Å². The zero-order valence-electron chi connectivity index (χ0n) is 12.3. The van der Waals surface area contributed by atoms with Gasteiger partial charge in [-0.05, 0) is 31.5 Å². The van der Waals surface area contributed by atoms with Crippen LogP contribution >= 0.6 is 0 Å². The first kappa shape index (κ1) is 13.9. The van der Waals surface area contributed by atoms with Gasteiger partial charge in [0.2, 0.25) is 0 Å². The summed E-state index contributed by atoms with van der Waals surface area (Å²) in [5.41, 5.74) is 6.47. The van der Waals surface area contributed by atoms with Crippen LogP contribution in [0.3, 0.4) is 0 Å². The number of carbonyl (C=O) groups excluding carboxylic acids is 1. The molecule has 6 nitrogen and oxygen atoms in total. The molecule has 2 aliphatic heterocycles. The lowest BCUT2D eigenvalue weighted by Gasteiger charge is -2.30. The number of hydrazone groups is 1. The predicted molar refractivity (Wildman–Crippen MR) is 79.8 cm³/mol. The largest absolute Gasteiger partial charge is 0.439 e. The number of anilines is 1. The number of morpholine rings is 1. The zero-order valence-corrected chi connectivity index (χ0v) is 12.3. The van der Waals surface area contributed by atoms with E-state index in [4.69, 9.17) is 9.47 Å². The molecule has 0 aromatic heterocycles. The number of aryl methyl sites for hydroxylation is 1.